The van der Waals surface area contributed by atoms with Crippen LogP contribution in [-0.2, 0) is 4.74 Å². The number of benzene rings is 1. The molecule has 5 rings (SSSR count). The SMILES string of the molecule is COc1cc([N+](=O)[O-])ccc1-c1ccc([C@@H]2[C@@H](c3ccccn3)NC(=S)N2CCN2CCOCC2)o1. The van der Waals surface area contributed by atoms with Crippen molar-refractivity contribution in [2.24, 2.45) is 0 Å². The molecule has 2 aromatic heterocycles. The summed E-state index contributed by atoms with van der Waals surface area (Å²) < 4.78 is 17.3. The summed E-state index contributed by atoms with van der Waals surface area (Å²) >= 11 is 5.76. The Labute approximate surface area is 214 Å². The van der Waals surface area contributed by atoms with Gasteiger partial charge >= 0.3 is 0 Å². The molecule has 0 unspecified atom stereocenters. The Bertz CT molecular complexity index is 1230. The molecule has 0 radical (unpaired) electrons. The van der Waals surface area contributed by atoms with Crippen LogP contribution in [0.5, 0.6) is 5.75 Å². The van der Waals surface area contributed by atoms with Crippen LogP contribution in [0.1, 0.15) is 23.5 Å². The van der Waals surface area contributed by atoms with Crippen molar-refractivity contribution >= 4 is 23.0 Å². The zero-order valence-corrected chi connectivity index (χ0v) is 20.6. The summed E-state index contributed by atoms with van der Waals surface area (Å²) in [5.74, 6) is 1.65. The van der Waals surface area contributed by atoms with Gasteiger partial charge in [-0.05, 0) is 42.5 Å². The molecule has 2 atom stereocenters. The maximum absolute atomic E-state index is 11.2. The smallest absolute Gasteiger partial charge is 0.273 e. The van der Waals surface area contributed by atoms with Crippen molar-refractivity contribution in [1.82, 2.24) is 20.1 Å². The lowest BCUT2D eigenvalue weighted by atomic mass is 10.0. The quantitative estimate of drug-likeness (QED) is 0.275. The van der Waals surface area contributed by atoms with Crippen LogP contribution in [0.4, 0.5) is 5.69 Å². The van der Waals surface area contributed by atoms with E-state index < -0.39 is 4.92 Å². The number of nitro benzene ring substituents is 1. The first-order valence-corrected chi connectivity index (χ1v) is 12.2. The fourth-order valence-corrected chi connectivity index (χ4v) is 5.01. The summed E-state index contributed by atoms with van der Waals surface area (Å²) in [6, 6.07) is 13.7. The Morgan fingerprint density at radius 1 is 1.19 bits per heavy atom. The predicted molar refractivity (Wildman–Crippen MR) is 137 cm³/mol. The number of furan rings is 1. The van der Waals surface area contributed by atoms with Gasteiger partial charge in [-0.3, -0.25) is 20.0 Å². The molecule has 0 bridgehead atoms. The second-order valence-corrected chi connectivity index (χ2v) is 9.00. The summed E-state index contributed by atoms with van der Waals surface area (Å²) in [4.78, 5) is 19.8. The van der Waals surface area contributed by atoms with E-state index in [1.54, 1.807) is 12.3 Å². The van der Waals surface area contributed by atoms with Crippen LogP contribution >= 0.6 is 12.2 Å². The topological polar surface area (TPSA) is 106 Å². The van der Waals surface area contributed by atoms with Gasteiger partial charge in [-0.2, -0.15) is 0 Å². The number of aromatic nitrogens is 1. The molecule has 4 heterocycles. The molecule has 2 aliphatic heterocycles. The van der Waals surface area contributed by atoms with Gasteiger partial charge in [0, 0.05) is 38.4 Å². The van der Waals surface area contributed by atoms with E-state index in [0.29, 0.717) is 22.2 Å². The Kier molecular flexibility index (Phi) is 7.12. The van der Waals surface area contributed by atoms with E-state index in [2.05, 4.69) is 20.1 Å². The first kappa shape index (κ1) is 24.2. The van der Waals surface area contributed by atoms with Gasteiger partial charge in [0.25, 0.3) is 5.69 Å². The van der Waals surface area contributed by atoms with Gasteiger partial charge in [0.2, 0.25) is 0 Å². The number of non-ortho nitro benzene ring substituents is 1. The molecule has 188 valence electrons. The third-order valence-corrected chi connectivity index (χ3v) is 6.89. The van der Waals surface area contributed by atoms with E-state index in [1.807, 2.05) is 30.3 Å². The van der Waals surface area contributed by atoms with Crippen molar-refractivity contribution < 1.29 is 18.8 Å². The first-order chi connectivity index (χ1) is 17.5. The number of ether oxygens (including phenoxy) is 2. The number of methoxy groups -OCH3 is 1. The predicted octanol–water partition coefficient (Wildman–Crippen LogP) is 3.56. The largest absolute Gasteiger partial charge is 0.496 e. The van der Waals surface area contributed by atoms with E-state index in [4.69, 9.17) is 26.1 Å². The molecule has 0 saturated carbocycles. The van der Waals surface area contributed by atoms with Crippen molar-refractivity contribution in [1.29, 1.82) is 0 Å². The molecule has 2 aliphatic rings. The highest BCUT2D eigenvalue weighted by Gasteiger charge is 2.41. The lowest BCUT2D eigenvalue weighted by Gasteiger charge is -2.31. The van der Waals surface area contributed by atoms with Crippen LogP contribution in [0.25, 0.3) is 11.3 Å². The average Bonchev–Trinajstić information content (AvgIpc) is 3.52. The van der Waals surface area contributed by atoms with Crippen LogP contribution < -0.4 is 10.1 Å². The summed E-state index contributed by atoms with van der Waals surface area (Å²) in [5.41, 5.74) is 1.46. The third kappa shape index (κ3) is 4.90. The van der Waals surface area contributed by atoms with E-state index in [1.165, 1.54) is 19.2 Å². The standard InChI is InChI=1S/C25H27N5O5S/c1-33-22-16-17(30(31)32)5-6-18(22)20-7-8-21(35-20)24-23(19-4-2-3-9-26-19)27-25(36)29(24)11-10-28-12-14-34-15-13-28/h2-9,16,23-24H,10-15H2,1H3,(H,27,36)/t23-,24-/m1/s1. The minimum Gasteiger partial charge on any atom is -0.496 e. The van der Waals surface area contributed by atoms with Crippen molar-refractivity contribution in [2.45, 2.75) is 12.1 Å². The fraction of sp³-hybridized carbons (Fsp3) is 0.360. The van der Waals surface area contributed by atoms with Crippen LogP contribution in [0, 0.1) is 10.1 Å². The lowest BCUT2D eigenvalue weighted by molar-refractivity contribution is -0.384. The van der Waals surface area contributed by atoms with Crippen molar-refractivity contribution in [3.8, 4) is 17.1 Å². The summed E-state index contributed by atoms with van der Waals surface area (Å²) in [5, 5.41) is 15.3. The maximum atomic E-state index is 11.2. The molecule has 0 aliphatic carbocycles. The summed E-state index contributed by atoms with van der Waals surface area (Å²) in [7, 11) is 1.48. The molecule has 0 spiro atoms. The highest BCUT2D eigenvalue weighted by Crippen LogP contribution is 2.42. The maximum Gasteiger partial charge on any atom is 0.273 e. The van der Waals surface area contributed by atoms with Gasteiger partial charge in [0.05, 0.1) is 48.6 Å². The summed E-state index contributed by atoms with van der Waals surface area (Å²) in [6.45, 7) is 4.83. The second kappa shape index (κ2) is 10.6. The Morgan fingerprint density at radius 2 is 2.03 bits per heavy atom. The first-order valence-electron chi connectivity index (χ1n) is 11.8. The van der Waals surface area contributed by atoms with Crippen LogP contribution in [-0.4, -0.2) is 71.3 Å². The molecule has 1 N–H and O–H groups in total. The zero-order chi connectivity index (χ0) is 25.1. The number of pyridine rings is 1. The normalized spacial score (nSPS) is 20.4. The molecule has 36 heavy (non-hydrogen) atoms. The number of hydrogen-bond donors (Lipinski definition) is 1. The Balaban J connectivity index is 1.46. The van der Waals surface area contributed by atoms with Gasteiger partial charge in [-0.15, -0.1) is 0 Å². The van der Waals surface area contributed by atoms with Crippen LogP contribution in [0.2, 0.25) is 0 Å². The van der Waals surface area contributed by atoms with Gasteiger partial charge in [0.15, 0.2) is 5.11 Å². The highest BCUT2D eigenvalue weighted by molar-refractivity contribution is 7.80. The van der Waals surface area contributed by atoms with Gasteiger partial charge < -0.3 is 24.1 Å². The van der Waals surface area contributed by atoms with Crippen molar-refractivity contribution in [3.63, 3.8) is 0 Å². The van der Waals surface area contributed by atoms with Crippen molar-refractivity contribution in [2.75, 3.05) is 46.5 Å². The molecule has 3 aromatic rings. The van der Waals surface area contributed by atoms with E-state index in [0.717, 1.165) is 50.8 Å². The number of rotatable bonds is 8. The number of nitrogens with one attached hydrogen (secondary N) is 1. The monoisotopic (exact) mass is 509 g/mol. The number of nitro groups is 1. The fourth-order valence-electron chi connectivity index (χ4n) is 4.68. The third-order valence-electron chi connectivity index (χ3n) is 6.54. The molecule has 11 heteroatoms. The Hall–Kier alpha value is -3.54. The van der Waals surface area contributed by atoms with Crippen LogP contribution in [0.3, 0.4) is 0 Å². The number of hydrogen-bond acceptors (Lipinski definition) is 8. The molecule has 0 amide bonds. The minimum atomic E-state index is -0.450. The van der Waals surface area contributed by atoms with E-state index in [9.17, 15) is 10.1 Å². The number of nitrogens with zero attached hydrogens (tertiary/aromatic N) is 4. The van der Waals surface area contributed by atoms with Crippen molar-refractivity contribution in [3.05, 3.63) is 76.3 Å². The van der Waals surface area contributed by atoms with Gasteiger partial charge in [-0.1, -0.05) is 6.07 Å². The van der Waals surface area contributed by atoms with E-state index in [-0.39, 0.29) is 17.8 Å². The number of morpholine rings is 1. The minimum absolute atomic E-state index is 0.0442. The zero-order valence-electron chi connectivity index (χ0n) is 19.8. The molecular weight excluding hydrogens is 482 g/mol. The van der Waals surface area contributed by atoms with Crippen LogP contribution in [0.15, 0.2) is 59.1 Å². The molecule has 2 fully saturated rings. The molecule has 1 aromatic carbocycles. The average molecular weight is 510 g/mol. The Morgan fingerprint density at radius 3 is 2.75 bits per heavy atom. The number of thiocarbonyl (C=S) groups is 1. The molecule has 2 saturated heterocycles. The lowest BCUT2D eigenvalue weighted by Crippen LogP contribution is -2.42. The van der Waals surface area contributed by atoms with Gasteiger partial charge in [0.1, 0.15) is 23.3 Å². The molecule has 10 nitrogen and oxygen atoms in total. The summed E-state index contributed by atoms with van der Waals surface area (Å²) in [6.07, 6.45) is 1.77. The second-order valence-electron chi connectivity index (χ2n) is 8.62. The highest BCUT2D eigenvalue weighted by atomic mass is 32.1. The van der Waals surface area contributed by atoms with E-state index >= 15 is 0 Å². The molecular formula is C25H27N5O5S. The van der Waals surface area contributed by atoms with Gasteiger partial charge in [-0.25, -0.2) is 0 Å².